The Morgan fingerprint density at radius 3 is 2.62 bits per heavy atom. The van der Waals surface area contributed by atoms with Gasteiger partial charge in [-0.3, -0.25) is 9.69 Å². The second-order valence-corrected chi connectivity index (χ2v) is 9.61. The predicted octanol–water partition coefficient (Wildman–Crippen LogP) is 3.97. The molecule has 34 heavy (non-hydrogen) atoms. The van der Waals surface area contributed by atoms with E-state index in [2.05, 4.69) is 27.1 Å². The maximum absolute atomic E-state index is 13.8. The smallest absolute Gasteiger partial charge is 0.305 e. The molecule has 0 saturated carbocycles. The zero-order valence-corrected chi connectivity index (χ0v) is 20.6. The average Bonchev–Trinajstić information content (AvgIpc) is 2.83. The number of halogens is 2. The van der Waals surface area contributed by atoms with Gasteiger partial charge in [-0.25, -0.2) is 4.39 Å². The van der Waals surface area contributed by atoms with E-state index in [0.717, 1.165) is 37.5 Å². The Balaban J connectivity index is 1.43. The zero-order valence-electron chi connectivity index (χ0n) is 19.9. The molecule has 1 heterocycles. The van der Waals surface area contributed by atoms with Crippen LogP contribution in [0, 0.1) is 5.82 Å². The van der Waals surface area contributed by atoms with Crippen molar-refractivity contribution in [2.24, 2.45) is 0 Å². The van der Waals surface area contributed by atoms with E-state index < -0.39 is 11.4 Å². The SMILES string of the molecule is COC(=O)CCc1ccc(F)cc1OC[C@@](C)(O)CNC1CCN(Cc2ccc(Cl)cc2)CC1. The monoisotopic (exact) mass is 492 g/mol. The third kappa shape index (κ3) is 8.55. The molecule has 3 rings (SSSR count). The standard InChI is InChI=1S/C26H34ClFN2O4/c1-26(32,18-34-24-15-22(28)9-5-20(24)6-10-25(31)33-2)17-29-23-11-13-30(14-12-23)16-19-3-7-21(27)8-4-19/h3-5,7-9,15,23,29,32H,6,10-14,16-18H2,1-2H3/t26-/m0/s1. The van der Waals surface area contributed by atoms with Crippen LogP contribution in [0.1, 0.15) is 37.3 Å². The van der Waals surface area contributed by atoms with Gasteiger partial charge in [0, 0.05) is 36.6 Å². The van der Waals surface area contributed by atoms with Gasteiger partial charge < -0.3 is 19.9 Å². The number of likely N-dealkylation sites (tertiary alicyclic amines) is 1. The van der Waals surface area contributed by atoms with E-state index in [1.165, 1.54) is 24.8 Å². The number of aliphatic hydroxyl groups is 1. The molecular weight excluding hydrogens is 459 g/mol. The van der Waals surface area contributed by atoms with E-state index in [0.29, 0.717) is 30.3 Å². The number of esters is 1. The predicted molar refractivity (Wildman–Crippen MR) is 131 cm³/mol. The Bertz CT molecular complexity index is 931. The highest BCUT2D eigenvalue weighted by Crippen LogP contribution is 2.23. The first-order chi connectivity index (χ1) is 16.2. The summed E-state index contributed by atoms with van der Waals surface area (Å²) in [5.74, 6) is -0.440. The van der Waals surface area contributed by atoms with E-state index in [-0.39, 0.29) is 19.0 Å². The maximum atomic E-state index is 13.8. The van der Waals surface area contributed by atoms with E-state index in [4.69, 9.17) is 16.3 Å². The number of ether oxygens (including phenoxy) is 2. The first-order valence-electron chi connectivity index (χ1n) is 11.6. The Hall–Kier alpha value is -2.19. The fourth-order valence-electron chi connectivity index (χ4n) is 4.00. The largest absolute Gasteiger partial charge is 0.490 e. The van der Waals surface area contributed by atoms with Crippen LogP contribution in [0.15, 0.2) is 42.5 Å². The molecule has 0 aliphatic carbocycles. The molecule has 0 bridgehead atoms. The van der Waals surface area contributed by atoms with Crippen LogP contribution < -0.4 is 10.1 Å². The lowest BCUT2D eigenvalue weighted by molar-refractivity contribution is -0.140. The lowest BCUT2D eigenvalue weighted by Gasteiger charge is -2.34. The number of nitrogens with zero attached hydrogens (tertiary/aromatic N) is 1. The third-order valence-corrected chi connectivity index (χ3v) is 6.32. The van der Waals surface area contributed by atoms with E-state index in [9.17, 15) is 14.3 Å². The van der Waals surface area contributed by atoms with Crippen LogP contribution in [-0.2, 0) is 22.5 Å². The van der Waals surface area contributed by atoms with E-state index >= 15 is 0 Å². The topological polar surface area (TPSA) is 71.0 Å². The maximum Gasteiger partial charge on any atom is 0.305 e. The van der Waals surface area contributed by atoms with Crippen LogP contribution >= 0.6 is 11.6 Å². The van der Waals surface area contributed by atoms with Crippen molar-refractivity contribution < 1.29 is 23.8 Å². The Morgan fingerprint density at radius 2 is 1.94 bits per heavy atom. The zero-order chi connectivity index (χ0) is 24.6. The van der Waals surface area contributed by atoms with Gasteiger partial charge >= 0.3 is 5.97 Å². The minimum atomic E-state index is -1.13. The van der Waals surface area contributed by atoms with Gasteiger partial charge in [-0.2, -0.15) is 0 Å². The number of aryl methyl sites for hydroxylation is 1. The molecule has 1 aliphatic rings. The van der Waals surface area contributed by atoms with Gasteiger partial charge in [0.05, 0.1) is 7.11 Å². The van der Waals surface area contributed by atoms with Crippen LogP contribution in [0.2, 0.25) is 5.02 Å². The molecule has 0 unspecified atom stereocenters. The number of carbonyl (C=O) groups is 1. The molecule has 0 spiro atoms. The minimum absolute atomic E-state index is 0.00406. The van der Waals surface area contributed by atoms with Gasteiger partial charge in [0.15, 0.2) is 0 Å². The van der Waals surface area contributed by atoms with Crippen LogP contribution in [0.3, 0.4) is 0 Å². The highest BCUT2D eigenvalue weighted by atomic mass is 35.5. The van der Waals surface area contributed by atoms with Crippen molar-refractivity contribution in [3.8, 4) is 5.75 Å². The number of piperidine rings is 1. The summed E-state index contributed by atoms with van der Waals surface area (Å²) in [5, 5.41) is 15.0. The molecule has 0 aromatic heterocycles. The molecule has 6 nitrogen and oxygen atoms in total. The van der Waals surface area contributed by atoms with Crippen LogP contribution in [-0.4, -0.2) is 61.0 Å². The van der Waals surface area contributed by atoms with Crippen molar-refractivity contribution >= 4 is 17.6 Å². The second-order valence-electron chi connectivity index (χ2n) is 9.17. The molecule has 186 valence electrons. The quantitative estimate of drug-likeness (QED) is 0.462. The van der Waals surface area contributed by atoms with Gasteiger partial charge in [0.25, 0.3) is 0 Å². The molecule has 1 atom stereocenters. The van der Waals surface area contributed by atoms with Gasteiger partial charge in [-0.1, -0.05) is 29.8 Å². The molecule has 0 radical (unpaired) electrons. The van der Waals surface area contributed by atoms with Crippen molar-refractivity contribution in [1.29, 1.82) is 0 Å². The van der Waals surface area contributed by atoms with Gasteiger partial charge in [-0.15, -0.1) is 0 Å². The Kier molecular flexibility index (Phi) is 9.71. The van der Waals surface area contributed by atoms with Gasteiger partial charge in [0.2, 0.25) is 0 Å². The summed E-state index contributed by atoms with van der Waals surface area (Å²) in [6, 6.07) is 12.5. The lowest BCUT2D eigenvalue weighted by Crippen LogP contribution is -2.49. The summed E-state index contributed by atoms with van der Waals surface area (Å²) in [4.78, 5) is 13.9. The summed E-state index contributed by atoms with van der Waals surface area (Å²) >= 11 is 5.96. The number of benzene rings is 2. The Morgan fingerprint density at radius 1 is 1.24 bits per heavy atom. The number of carbonyl (C=O) groups excluding carboxylic acids is 1. The van der Waals surface area contributed by atoms with E-state index in [1.54, 1.807) is 13.0 Å². The molecule has 1 saturated heterocycles. The van der Waals surface area contributed by atoms with Crippen molar-refractivity contribution in [1.82, 2.24) is 10.2 Å². The summed E-state index contributed by atoms with van der Waals surface area (Å²) in [6.07, 6.45) is 2.53. The van der Waals surface area contributed by atoms with Crippen molar-refractivity contribution in [2.45, 2.75) is 50.8 Å². The lowest BCUT2D eigenvalue weighted by atomic mass is 10.0. The second kappa shape index (κ2) is 12.5. The molecule has 1 aliphatic heterocycles. The van der Waals surface area contributed by atoms with Gasteiger partial charge in [0.1, 0.15) is 23.8 Å². The normalized spacial score (nSPS) is 16.7. The fourth-order valence-corrected chi connectivity index (χ4v) is 4.13. The molecule has 2 aromatic rings. The van der Waals surface area contributed by atoms with Crippen LogP contribution in [0.5, 0.6) is 5.75 Å². The number of hydrogen-bond donors (Lipinski definition) is 2. The first kappa shape index (κ1) is 26.4. The summed E-state index contributed by atoms with van der Waals surface area (Å²) in [6.45, 7) is 4.92. The number of nitrogens with one attached hydrogen (secondary N) is 1. The van der Waals surface area contributed by atoms with Crippen molar-refractivity contribution in [3.63, 3.8) is 0 Å². The van der Waals surface area contributed by atoms with Gasteiger partial charge in [-0.05, 0) is 68.6 Å². The molecule has 2 aromatic carbocycles. The molecule has 0 amide bonds. The van der Waals surface area contributed by atoms with Crippen LogP contribution in [0.4, 0.5) is 4.39 Å². The summed E-state index contributed by atoms with van der Waals surface area (Å²) in [5.41, 5.74) is 0.814. The highest BCUT2D eigenvalue weighted by Gasteiger charge is 2.26. The van der Waals surface area contributed by atoms with Crippen molar-refractivity contribution in [3.05, 3.63) is 64.4 Å². The minimum Gasteiger partial charge on any atom is -0.490 e. The molecule has 1 fully saturated rings. The summed E-state index contributed by atoms with van der Waals surface area (Å²) < 4.78 is 24.2. The number of methoxy groups -OCH3 is 1. The Labute approximate surface area is 206 Å². The van der Waals surface area contributed by atoms with E-state index in [1.807, 2.05) is 12.1 Å². The highest BCUT2D eigenvalue weighted by molar-refractivity contribution is 6.30. The molecule has 8 heteroatoms. The van der Waals surface area contributed by atoms with Crippen LogP contribution in [0.25, 0.3) is 0 Å². The number of hydrogen-bond acceptors (Lipinski definition) is 6. The first-order valence-corrected chi connectivity index (χ1v) is 12.0. The average molecular weight is 493 g/mol. The number of rotatable bonds is 11. The molecular formula is C26H34ClFN2O4. The fraction of sp³-hybridized carbons (Fsp3) is 0.500. The molecule has 2 N–H and O–H groups in total. The summed E-state index contributed by atoms with van der Waals surface area (Å²) in [7, 11) is 1.33. The third-order valence-electron chi connectivity index (χ3n) is 6.07. The van der Waals surface area contributed by atoms with Crippen molar-refractivity contribution in [2.75, 3.05) is 33.4 Å².